The van der Waals surface area contributed by atoms with Crippen LogP contribution in [0.5, 0.6) is 0 Å². The highest BCUT2D eigenvalue weighted by Crippen LogP contribution is 2.06. The monoisotopic (exact) mass is 259 g/mol. The lowest BCUT2D eigenvalue weighted by molar-refractivity contribution is -0.138. The van der Waals surface area contributed by atoms with Crippen molar-refractivity contribution in [3.05, 3.63) is 0 Å². The van der Waals surface area contributed by atoms with E-state index in [1.54, 1.807) is 6.92 Å². The Bertz CT molecular complexity index is 305. The fourth-order valence-electron chi connectivity index (χ4n) is 1.30. The van der Waals surface area contributed by atoms with Gasteiger partial charge in [0, 0.05) is 25.9 Å². The van der Waals surface area contributed by atoms with Crippen molar-refractivity contribution in [3.8, 4) is 0 Å². The van der Waals surface area contributed by atoms with E-state index in [0.717, 1.165) is 0 Å². The zero-order valence-corrected chi connectivity index (χ0v) is 11.0. The van der Waals surface area contributed by atoms with Crippen LogP contribution in [-0.2, 0) is 9.59 Å². The highest BCUT2D eigenvalue weighted by Gasteiger charge is 2.14. The van der Waals surface area contributed by atoms with Crippen LogP contribution in [0.2, 0.25) is 0 Å². The third-order valence-electron chi connectivity index (χ3n) is 2.15. The Morgan fingerprint density at radius 3 is 2.33 bits per heavy atom. The first-order valence-electron chi connectivity index (χ1n) is 5.75. The number of nitrogens with one attached hydrogen (secondary N) is 2. The summed E-state index contributed by atoms with van der Waals surface area (Å²) in [6, 6.07) is -0.552. The van der Waals surface area contributed by atoms with E-state index in [0.29, 0.717) is 13.1 Å². The van der Waals surface area contributed by atoms with Gasteiger partial charge in [0.05, 0.1) is 0 Å². The average molecular weight is 259 g/mol. The third-order valence-corrected chi connectivity index (χ3v) is 2.15. The van der Waals surface area contributed by atoms with E-state index >= 15 is 0 Å². The van der Waals surface area contributed by atoms with E-state index in [1.807, 2.05) is 19.0 Å². The Morgan fingerprint density at radius 2 is 1.83 bits per heavy atom. The van der Waals surface area contributed by atoms with E-state index in [9.17, 15) is 14.4 Å². The predicted molar refractivity (Wildman–Crippen MR) is 66.1 cm³/mol. The third kappa shape index (κ3) is 9.59. The normalized spacial score (nSPS) is 12.0. The van der Waals surface area contributed by atoms with Crippen molar-refractivity contribution in [3.63, 3.8) is 0 Å². The van der Waals surface area contributed by atoms with Crippen molar-refractivity contribution in [2.45, 2.75) is 19.8 Å². The molecule has 0 bridgehead atoms. The van der Waals surface area contributed by atoms with E-state index in [2.05, 4.69) is 10.6 Å². The SMILES string of the molecule is CC(CC(=O)O)CC(=O)NC(=O)NCCN(C)C. The molecular formula is C11H21N3O4. The van der Waals surface area contributed by atoms with Crippen molar-refractivity contribution >= 4 is 17.9 Å². The first kappa shape index (κ1) is 16.4. The predicted octanol–water partition coefficient (Wildman–Crippen LogP) is -0.125. The number of carbonyl (C=O) groups excluding carboxylic acids is 2. The lowest BCUT2D eigenvalue weighted by Gasteiger charge is -2.11. The number of imide groups is 1. The van der Waals surface area contributed by atoms with Gasteiger partial charge >= 0.3 is 12.0 Å². The van der Waals surface area contributed by atoms with E-state index in [4.69, 9.17) is 5.11 Å². The maximum Gasteiger partial charge on any atom is 0.321 e. The fourth-order valence-corrected chi connectivity index (χ4v) is 1.30. The molecule has 104 valence electrons. The molecule has 0 heterocycles. The second-order valence-electron chi connectivity index (χ2n) is 4.51. The largest absolute Gasteiger partial charge is 0.481 e. The number of hydrogen-bond acceptors (Lipinski definition) is 4. The molecule has 0 saturated carbocycles. The van der Waals surface area contributed by atoms with Gasteiger partial charge in [-0.25, -0.2) is 4.79 Å². The van der Waals surface area contributed by atoms with Crippen molar-refractivity contribution in [2.24, 2.45) is 5.92 Å². The van der Waals surface area contributed by atoms with Gasteiger partial charge in [-0.15, -0.1) is 0 Å². The Kier molecular flexibility index (Phi) is 7.69. The summed E-state index contributed by atoms with van der Waals surface area (Å²) in [5, 5.41) is 13.2. The lowest BCUT2D eigenvalue weighted by atomic mass is 10.0. The molecule has 1 atom stereocenters. The maximum absolute atomic E-state index is 11.4. The van der Waals surface area contributed by atoms with Crippen molar-refractivity contribution in [1.82, 2.24) is 15.5 Å². The quantitative estimate of drug-likeness (QED) is 0.592. The summed E-state index contributed by atoms with van der Waals surface area (Å²) in [4.78, 5) is 34.9. The maximum atomic E-state index is 11.4. The number of amides is 3. The topological polar surface area (TPSA) is 98.7 Å². The standard InChI is InChI=1S/C11H21N3O4/c1-8(7-10(16)17)6-9(15)13-11(18)12-4-5-14(2)3/h8H,4-7H2,1-3H3,(H,16,17)(H2,12,13,15,18). The second-order valence-corrected chi connectivity index (χ2v) is 4.51. The summed E-state index contributed by atoms with van der Waals surface area (Å²) >= 11 is 0. The molecule has 0 fully saturated rings. The summed E-state index contributed by atoms with van der Waals surface area (Å²) in [6.45, 7) is 2.77. The number of rotatable bonds is 7. The van der Waals surface area contributed by atoms with Gasteiger partial charge < -0.3 is 15.3 Å². The van der Waals surface area contributed by atoms with Crippen LogP contribution in [0.4, 0.5) is 4.79 Å². The first-order chi connectivity index (χ1) is 8.31. The molecule has 18 heavy (non-hydrogen) atoms. The summed E-state index contributed by atoms with van der Waals surface area (Å²) in [7, 11) is 3.75. The van der Waals surface area contributed by atoms with Crippen LogP contribution in [0.3, 0.4) is 0 Å². The number of carboxylic acid groups (broad SMARTS) is 1. The van der Waals surface area contributed by atoms with Gasteiger partial charge in [0.15, 0.2) is 0 Å². The smallest absolute Gasteiger partial charge is 0.321 e. The molecule has 7 heteroatoms. The molecule has 3 N–H and O–H groups in total. The molecule has 0 aliphatic heterocycles. The van der Waals surface area contributed by atoms with Crippen LogP contribution in [0, 0.1) is 5.92 Å². The second kappa shape index (κ2) is 8.46. The van der Waals surface area contributed by atoms with Crippen molar-refractivity contribution < 1.29 is 19.5 Å². The number of aliphatic carboxylic acids is 1. The Labute approximate surface area is 107 Å². The molecule has 0 saturated heterocycles. The minimum Gasteiger partial charge on any atom is -0.481 e. The van der Waals surface area contributed by atoms with Gasteiger partial charge in [0.2, 0.25) is 5.91 Å². The van der Waals surface area contributed by atoms with Crippen LogP contribution in [0.25, 0.3) is 0 Å². The molecule has 0 spiro atoms. The molecule has 0 aliphatic rings. The molecular weight excluding hydrogens is 238 g/mol. The van der Waals surface area contributed by atoms with Gasteiger partial charge in [-0.3, -0.25) is 14.9 Å². The summed E-state index contributed by atoms with van der Waals surface area (Å²) in [6.07, 6.45) is -0.0664. The number of hydrogen-bond donors (Lipinski definition) is 3. The number of likely N-dealkylation sites (N-methyl/N-ethyl adjacent to an activating group) is 1. The molecule has 7 nitrogen and oxygen atoms in total. The number of urea groups is 1. The van der Waals surface area contributed by atoms with Gasteiger partial charge in [-0.2, -0.15) is 0 Å². The van der Waals surface area contributed by atoms with Gasteiger partial charge in [-0.1, -0.05) is 6.92 Å². The molecule has 0 rings (SSSR count). The van der Waals surface area contributed by atoms with Crippen LogP contribution in [0.1, 0.15) is 19.8 Å². The minimum absolute atomic E-state index is 0.0212. The van der Waals surface area contributed by atoms with E-state index in [1.165, 1.54) is 0 Å². The van der Waals surface area contributed by atoms with Crippen molar-refractivity contribution in [1.29, 1.82) is 0 Å². The summed E-state index contributed by atoms with van der Waals surface area (Å²) in [5.41, 5.74) is 0. The van der Waals surface area contributed by atoms with Crippen molar-refractivity contribution in [2.75, 3.05) is 27.2 Å². The first-order valence-corrected chi connectivity index (χ1v) is 5.75. The molecule has 1 unspecified atom stereocenters. The molecule has 0 aromatic carbocycles. The highest BCUT2D eigenvalue weighted by molar-refractivity contribution is 5.94. The zero-order valence-electron chi connectivity index (χ0n) is 11.0. The summed E-state index contributed by atoms with van der Waals surface area (Å²) < 4.78 is 0. The Balaban J connectivity index is 3.80. The van der Waals surface area contributed by atoms with Gasteiger partial charge in [0.1, 0.15) is 0 Å². The molecule has 3 amide bonds. The Hall–Kier alpha value is -1.63. The minimum atomic E-state index is -0.953. The number of carboxylic acids is 1. The van der Waals surface area contributed by atoms with Gasteiger partial charge in [0.25, 0.3) is 0 Å². The van der Waals surface area contributed by atoms with Crippen LogP contribution >= 0.6 is 0 Å². The van der Waals surface area contributed by atoms with E-state index in [-0.39, 0.29) is 18.8 Å². The number of carbonyl (C=O) groups is 3. The van der Waals surface area contributed by atoms with Crippen LogP contribution in [-0.4, -0.2) is 55.1 Å². The zero-order chi connectivity index (χ0) is 14.1. The van der Waals surface area contributed by atoms with Crippen LogP contribution < -0.4 is 10.6 Å². The Morgan fingerprint density at radius 1 is 1.22 bits per heavy atom. The van der Waals surface area contributed by atoms with Crippen LogP contribution in [0.15, 0.2) is 0 Å². The average Bonchev–Trinajstić information content (AvgIpc) is 2.14. The molecule has 0 aromatic rings. The molecule has 0 aromatic heterocycles. The fraction of sp³-hybridized carbons (Fsp3) is 0.727. The molecule has 0 aliphatic carbocycles. The van der Waals surface area contributed by atoms with E-state index < -0.39 is 17.9 Å². The summed E-state index contributed by atoms with van der Waals surface area (Å²) in [5.74, 6) is -1.71. The lowest BCUT2D eigenvalue weighted by Crippen LogP contribution is -2.42. The molecule has 0 radical (unpaired) electrons. The number of nitrogens with zero attached hydrogens (tertiary/aromatic N) is 1. The van der Waals surface area contributed by atoms with Gasteiger partial charge in [-0.05, 0) is 20.0 Å². The highest BCUT2D eigenvalue weighted by atomic mass is 16.4.